The number of hydrogen-bond acceptors (Lipinski definition) is 7. The molecule has 0 aliphatic heterocycles. The maximum absolute atomic E-state index is 13.1. The Hall–Kier alpha value is -3.67. The number of hydrogen-bond donors (Lipinski definition) is 3. The van der Waals surface area contributed by atoms with Crippen molar-refractivity contribution >= 4 is 45.6 Å². The highest BCUT2D eigenvalue weighted by atomic mass is 32.2. The zero-order valence-electron chi connectivity index (χ0n) is 14.9. The van der Waals surface area contributed by atoms with E-state index in [1.54, 1.807) is 6.20 Å². The minimum absolute atomic E-state index is 0.0510. The molecular weight excluding hydrogens is 417 g/mol. The number of nitrogens with one attached hydrogen (secondary N) is 3. The molecule has 8 nitrogen and oxygen atoms in total. The van der Waals surface area contributed by atoms with E-state index in [9.17, 15) is 13.2 Å². The predicted octanol–water partition coefficient (Wildman–Crippen LogP) is 4.54. The number of anilines is 2. The monoisotopic (exact) mass is 428 g/mol. The van der Waals surface area contributed by atoms with Crippen LogP contribution in [0.3, 0.4) is 0 Å². The lowest BCUT2D eigenvalue weighted by molar-refractivity contribution is -0.143. The summed E-state index contributed by atoms with van der Waals surface area (Å²) < 4.78 is 39.4. The SMILES string of the molecule is FC(F)(F)c1ncccc1Sc1cnc2nc(Nc3ccc4[nH]ncc4c3)[nH]c2n1. The molecule has 30 heavy (non-hydrogen) atoms. The van der Waals surface area contributed by atoms with Crippen LogP contribution in [0.2, 0.25) is 0 Å². The Morgan fingerprint density at radius 3 is 2.80 bits per heavy atom. The quantitative estimate of drug-likeness (QED) is 0.386. The van der Waals surface area contributed by atoms with Crippen molar-refractivity contribution < 1.29 is 13.2 Å². The molecule has 4 heterocycles. The number of pyridine rings is 1. The number of aromatic nitrogens is 7. The molecule has 3 N–H and O–H groups in total. The van der Waals surface area contributed by atoms with Crippen molar-refractivity contribution in [3.8, 4) is 0 Å². The zero-order chi connectivity index (χ0) is 20.7. The predicted molar refractivity (Wildman–Crippen MR) is 104 cm³/mol. The molecule has 0 saturated heterocycles. The highest BCUT2D eigenvalue weighted by Crippen LogP contribution is 2.37. The number of benzene rings is 1. The van der Waals surface area contributed by atoms with Crippen LogP contribution in [0, 0.1) is 0 Å². The van der Waals surface area contributed by atoms with Crippen molar-refractivity contribution in [1.29, 1.82) is 0 Å². The summed E-state index contributed by atoms with van der Waals surface area (Å²) in [6.07, 6.45) is -0.362. The van der Waals surface area contributed by atoms with Crippen LogP contribution in [0.4, 0.5) is 24.8 Å². The maximum atomic E-state index is 13.1. The first-order chi connectivity index (χ1) is 14.5. The van der Waals surface area contributed by atoms with Crippen LogP contribution in [-0.4, -0.2) is 35.1 Å². The molecule has 0 spiro atoms. The fraction of sp³-hybridized carbons (Fsp3) is 0.0556. The first kappa shape index (κ1) is 18.4. The number of halogens is 3. The minimum Gasteiger partial charge on any atom is -0.326 e. The first-order valence-corrected chi connectivity index (χ1v) is 9.40. The molecule has 0 atom stereocenters. The van der Waals surface area contributed by atoms with Gasteiger partial charge in [-0.1, -0.05) is 11.8 Å². The molecule has 150 valence electrons. The summed E-state index contributed by atoms with van der Waals surface area (Å²) in [6.45, 7) is 0. The van der Waals surface area contributed by atoms with Crippen LogP contribution in [0.5, 0.6) is 0 Å². The number of H-pyrrole nitrogens is 2. The van der Waals surface area contributed by atoms with E-state index in [0.717, 1.165) is 34.5 Å². The third-order valence-electron chi connectivity index (χ3n) is 4.14. The smallest absolute Gasteiger partial charge is 0.326 e. The van der Waals surface area contributed by atoms with Crippen LogP contribution < -0.4 is 5.32 Å². The molecule has 5 rings (SSSR count). The first-order valence-electron chi connectivity index (χ1n) is 8.59. The molecule has 0 fully saturated rings. The number of rotatable bonds is 4. The number of aromatic amines is 2. The molecule has 1 aromatic carbocycles. The van der Waals surface area contributed by atoms with E-state index < -0.39 is 11.9 Å². The third-order valence-corrected chi connectivity index (χ3v) is 5.10. The van der Waals surface area contributed by atoms with Gasteiger partial charge in [-0.3, -0.25) is 10.1 Å². The summed E-state index contributed by atoms with van der Waals surface area (Å²) in [7, 11) is 0. The summed E-state index contributed by atoms with van der Waals surface area (Å²) in [4.78, 5) is 19.2. The second kappa shape index (κ2) is 6.99. The topological polar surface area (TPSA) is 108 Å². The Kier molecular flexibility index (Phi) is 4.28. The average Bonchev–Trinajstić information content (AvgIpc) is 3.33. The molecule has 0 radical (unpaired) electrons. The average molecular weight is 428 g/mol. The van der Waals surface area contributed by atoms with E-state index >= 15 is 0 Å². The van der Waals surface area contributed by atoms with Gasteiger partial charge in [0.15, 0.2) is 17.0 Å². The van der Waals surface area contributed by atoms with Gasteiger partial charge in [-0.25, -0.2) is 9.97 Å². The Labute approximate surface area is 170 Å². The van der Waals surface area contributed by atoms with E-state index in [0.29, 0.717) is 17.2 Å². The van der Waals surface area contributed by atoms with Crippen molar-refractivity contribution in [3.63, 3.8) is 0 Å². The summed E-state index contributed by atoms with van der Waals surface area (Å²) in [5, 5.41) is 11.2. The molecule has 0 saturated carbocycles. The zero-order valence-corrected chi connectivity index (χ0v) is 15.7. The lowest BCUT2D eigenvalue weighted by atomic mass is 10.2. The van der Waals surface area contributed by atoms with E-state index in [1.165, 1.54) is 18.3 Å². The van der Waals surface area contributed by atoms with Gasteiger partial charge in [0.2, 0.25) is 5.95 Å². The van der Waals surface area contributed by atoms with E-state index in [-0.39, 0.29) is 9.92 Å². The molecule has 0 aliphatic rings. The third kappa shape index (κ3) is 3.52. The summed E-state index contributed by atoms with van der Waals surface area (Å²) in [5.41, 5.74) is 1.42. The van der Waals surface area contributed by atoms with Crippen molar-refractivity contribution in [1.82, 2.24) is 35.1 Å². The van der Waals surface area contributed by atoms with Crippen LogP contribution in [0.15, 0.2) is 58.8 Å². The van der Waals surface area contributed by atoms with E-state index in [2.05, 4.69) is 40.4 Å². The highest BCUT2D eigenvalue weighted by Gasteiger charge is 2.35. The lowest BCUT2D eigenvalue weighted by Crippen LogP contribution is -2.09. The summed E-state index contributed by atoms with van der Waals surface area (Å²) in [6, 6.07) is 8.42. The van der Waals surface area contributed by atoms with Gasteiger partial charge in [0.1, 0.15) is 5.03 Å². The molecule has 0 aliphatic carbocycles. The van der Waals surface area contributed by atoms with Gasteiger partial charge in [-0.2, -0.15) is 23.3 Å². The van der Waals surface area contributed by atoms with Gasteiger partial charge in [0, 0.05) is 22.2 Å². The van der Waals surface area contributed by atoms with Gasteiger partial charge < -0.3 is 10.3 Å². The molecule has 0 amide bonds. The lowest BCUT2D eigenvalue weighted by Gasteiger charge is -2.10. The largest absolute Gasteiger partial charge is 0.434 e. The maximum Gasteiger partial charge on any atom is 0.434 e. The van der Waals surface area contributed by atoms with Gasteiger partial charge in [0.25, 0.3) is 0 Å². The molecule has 5 aromatic rings. The van der Waals surface area contributed by atoms with Crippen LogP contribution in [0.25, 0.3) is 22.2 Å². The molecule has 0 bridgehead atoms. The Bertz CT molecular complexity index is 1360. The Morgan fingerprint density at radius 2 is 1.93 bits per heavy atom. The standard InChI is InChI=1S/C18H11F3N8S/c19-18(20,21)14-12(2-1-5-22-14)30-13-8-23-15-16(26-13)28-17(27-15)25-10-3-4-11-9(6-10)7-24-29-11/h1-8H,(H,24,29)(H2,23,25,26,27,28). The highest BCUT2D eigenvalue weighted by molar-refractivity contribution is 7.99. The van der Waals surface area contributed by atoms with Crippen molar-refractivity contribution in [2.45, 2.75) is 16.1 Å². The van der Waals surface area contributed by atoms with Crippen LogP contribution >= 0.6 is 11.8 Å². The molecular formula is C18H11F3N8S. The van der Waals surface area contributed by atoms with Crippen molar-refractivity contribution in [2.24, 2.45) is 0 Å². The van der Waals surface area contributed by atoms with Crippen LogP contribution in [-0.2, 0) is 6.18 Å². The number of alkyl halides is 3. The second-order valence-electron chi connectivity index (χ2n) is 6.21. The fourth-order valence-electron chi connectivity index (χ4n) is 2.84. The fourth-order valence-corrected chi connectivity index (χ4v) is 3.72. The summed E-state index contributed by atoms with van der Waals surface area (Å²) >= 11 is 0.837. The van der Waals surface area contributed by atoms with Gasteiger partial charge >= 0.3 is 6.18 Å². The molecule has 12 heteroatoms. The van der Waals surface area contributed by atoms with E-state index in [4.69, 9.17) is 0 Å². The Balaban J connectivity index is 1.42. The van der Waals surface area contributed by atoms with Crippen molar-refractivity contribution in [3.05, 3.63) is 54.6 Å². The van der Waals surface area contributed by atoms with E-state index in [1.807, 2.05) is 18.2 Å². The van der Waals surface area contributed by atoms with Crippen molar-refractivity contribution in [2.75, 3.05) is 5.32 Å². The second-order valence-corrected chi connectivity index (χ2v) is 7.28. The van der Waals surface area contributed by atoms with Gasteiger partial charge in [-0.15, -0.1) is 0 Å². The summed E-state index contributed by atoms with van der Waals surface area (Å²) in [5.74, 6) is 0.410. The molecule has 4 aromatic heterocycles. The van der Waals surface area contributed by atoms with Crippen LogP contribution in [0.1, 0.15) is 5.69 Å². The molecule has 0 unspecified atom stereocenters. The number of nitrogens with zero attached hydrogens (tertiary/aromatic N) is 5. The minimum atomic E-state index is -4.55. The van der Waals surface area contributed by atoms with Gasteiger partial charge in [0.05, 0.1) is 17.9 Å². The number of fused-ring (bicyclic) bond motifs is 2. The normalized spacial score (nSPS) is 12.0. The van der Waals surface area contributed by atoms with Gasteiger partial charge in [-0.05, 0) is 30.3 Å². The number of imidazole rings is 1. The Morgan fingerprint density at radius 1 is 1.03 bits per heavy atom.